The van der Waals surface area contributed by atoms with Gasteiger partial charge in [-0.2, -0.15) is 0 Å². The highest BCUT2D eigenvalue weighted by Crippen LogP contribution is 2.40. The second-order valence-corrected chi connectivity index (χ2v) is 11.6. The highest BCUT2D eigenvalue weighted by atomic mass is 16.3. The number of benzene rings is 7. The predicted molar refractivity (Wildman–Crippen MR) is 192 cm³/mol. The van der Waals surface area contributed by atoms with Crippen LogP contribution in [0.3, 0.4) is 0 Å². The molecule has 0 saturated carbocycles. The summed E-state index contributed by atoms with van der Waals surface area (Å²) in [7, 11) is 0. The molecule has 0 N–H and O–H groups in total. The molecular weight excluding hydrogens is 560 g/mol. The number of nitrogens with zero attached hydrogens (tertiary/aromatic N) is 2. The molecule has 0 unspecified atom stereocenters. The predicted octanol–water partition coefficient (Wildman–Crippen LogP) is 12.1. The average Bonchev–Trinajstić information content (AvgIpc) is 3.52. The molecule has 9 rings (SSSR count). The van der Waals surface area contributed by atoms with Crippen molar-refractivity contribution in [3.8, 4) is 22.3 Å². The van der Waals surface area contributed by atoms with Gasteiger partial charge in [-0.05, 0) is 86.8 Å². The van der Waals surface area contributed by atoms with Crippen molar-refractivity contribution in [1.82, 2.24) is 4.98 Å². The summed E-state index contributed by atoms with van der Waals surface area (Å²) < 4.78 is 6.46. The number of anilines is 3. The number of hydrogen-bond donors (Lipinski definition) is 0. The van der Waals surface area contributed by atoms with Gasteiger partial charge in [0.1, 0.15) is 11.1 Å². The van der Waals surface area contributed by atoms with Crippen molar-refractivity contribution in [2.24, 2.45) is 0 Å². The molecule has 2 aromatic heterocycles. The Labute approximate surface area is 266 Å². The van der Waals surface area contributed by atoms with E-state index in [9.17, 15) is 0 Å². The van der Waals surface area contributed by atoms with Gasteiger partial charge in [0.15, 0.2) is 5.58 Å². The number of aromatic nitrogens is 1. The van der Waals surface area contributed by atoms with Gasteiger partial charge in [0.25, 0.3) is 0 Å². The molecule has 0 radical (unpaired) electrons. The Morgan fingerprint density at radius 3 is 1.76 bits per heavy atom. The molecule has 0 aliphatic carbocycles. The van der Waals surface area contributed by atoms with Crippen LogP contribution in [0.5, 0.6) is 0 Å². The minimum absolute atomic E-state index is 0.811. The fourth-order valence-electron chi connectivity index (χ4n) is 6.73. The minimum atomic E-state index is 0.811. The molecular formula is C43H28N2O. The molecule has 2 heterocycles. The van der Waals surface area contributed by atoms with Gasteiger partial charge < -0.3 is 9.32 Å². The standard InChI is InChI=1S/C43H28N2O/c1-2-12-33(13-3-1)45(34-22-17-31(18-23-34)37-16-8-11-29-9-4-6-14-36(29)37)35-24-19-32(20-25-35)39-27-28-44-42-41-38-15-7-5-10-30(38)21-26-40(41)46-43(39)42/h1-28H. The van der Waals surface area contributed by atoms with Crippen LogP contribution in [0, 0.1) is 0 Å². The Kier molecular flexibility index (Phi) is 6.14. The first-order chi connectivity index (χ1) is 22.8. The van der Waals surface area contributed by atoms with Crippen LogP contribution in [0.1, 0.15) is 0 Å². The number of hydrogen-bond acceptors (Lipinski definition) is 3. The van der Waals surface area contributed by atoms with Gasteiger partial charge in [-0.15, -0.1) is 0 Å². The zero-order chi connectivity index (χ0) is 30.5. The smallest absolute Gasteiger partial charge is 0.161 e. The van der Waals surface area contributed by atoms with Crippen LogP contribution in [0.2, 0.25) is 0 Å². The average molecular weight is 589 g/mol. The molecule has 3 heteroatoms. The lowest BCUT2D eigenvalue weighted by atomic mass is 9.98. The minimum Gasteiger partial charge on any atom is -0.454 e. The summed E-state index contributed by atoms with van der Waals surface area (Å²) in [5.74, 6) is 0. The van der Waals surface area contributed by atoms with E-state index < -0.39 is 0 Å². The molecule has 9 aromatic rings. The van der Waals surface area contributed by atoms with Gasteiger partial charge >= 0.3 is 0 Å². The number of rotatable bonds is 5. The van der Waals surface area contributed by atoms with E-state index in [-0.39, 0.29) is 0 Å². The molecule has 46 heavy (non-hydrogen) atoms. The number of furan rings is 1. The van der Waals surface area contributed by atoms with E-state index >= 15 is 0 Å². The normalized spacial score (nSPS) is 11.5. The van der Waals surface area contributed by atoms with E-state index in [1.54, 1.807) is 0 Å². The van der Waals surface area contributed by atoms with E-state index in [0.29, 0.717) is 0 Å². The van der Waals surface area contributed by atoms with Crippen molar-refractivity contribution < 1.29 is 4.42 Å². The summed E-state index contributed by atoms with van der Waals surface area (Å²) in [6.45, 7) is 0. The van der Waals surface area contributed by atoms with E-state index in [1.807, 2.05) is 12.3 Å². The lowest BCUT2D eigenvalue weighted by molar-refractivity contribution is 0.669. The molecule has 0 amide bonds. The summed E-state index contributed by atoms with van der Waals surface area (Å²) in [5, 5.41) is 5.91. The number of fused-ring (bicyclic) bond motifs is 6. The molecule has 0 spiro atoms. The Hall–Kier alpha value is -6.19. The quantitative estimate of drug-likeness (QED) is 0.200. The highest BCUT2D eigenvalue weighted by molar-refractivity contribution is 6.19. The van der Waals surface area contributed by atoms with E-state index in [4.69, 9.17) is 9.40 Å². The maximum absolute atomic E-state index is 6.46. The third kappa shape index (κ3) is 4.33. The van der Waals surface area contributed by atoms with Crippen molar-refractivity contribution >= 4 is 60.7 Å². The number of para-hydroxylation sites is 1. The first kappa shape index (κ1) is 26.2. The Morgan fingerprint density at radius 2 is 1.02 bits per heavy atom. The summed E-state index contributed by atoms with van der Waals surface area (Å²) in [5.41, 5.74) is 10.4. The van der Waals surface area contributed by atoms with Gasteiger partial charge in [-0.25, -0.2) is 0 Å². The van der Waals surface area contributed by atoms with Gasteiger partial charge in [0, 0.05) is 28.8 Å². The van der Waals surface area contributed by atoms with Crippen molar-refractivity contribution in [3.63, 3.8) is 0 Å². The summed E-state index contributed by atoms with van der Waals surface area (Å²) in [6.07, 6.45) is 1.89. The molecule has 0 bridgehead atoms. The van der Waals surface area contributed by atoms with Crippen LogP contribution < -0.4 is 4.90 Å². The Bertz CT molecular complexity index is 2510. The van der Waals surface area contributed by atoms with Gasteiger partial charge in [-0.3, -0.25) is 4.98 Å². The molecule has 7 aromatic carbocycles. The van der Waals surface area contributed by atoms with Crippen molar-refractivity contribution in [1.29, 1.82) is 0 Å². The van der Waals surface area contributed by atoms with Crippen LogP contribution in [-0.4, -0.2) is 4.98 Å². The van der Waals surface area contributed by atoms with Gasteiger partial charge in [0.05, 0.1) is 5.39 Å². The maximum Gasteiger partial charge on any atom is 0.161 e. The molecule has 0 saturated heterocycles. The molecule has 0 aliphatic rings. The van der Waals surface area contributed by atoms with Crippen LogP contribution in [0.4, 0.5) is 17.1 Å². The fraction of sp³-hybridized carbons (Fsp3) is 0. The number of pyridine rings is 1. The summed E-state index contributed by atoms with van der Waals surface area (Å²) in [4.78, 5) is 7.07. The lowest BCUT2D eigenvalue weighted by Gasteiger charge is -2.26. The fourth-order valence-corrected chi connectivity index (χ4v) is 6.73. The molecule has 216 valence electrons. The molecule has 3 nitrogen and oxygen atoms in total. The highest BCUT2D eigenvalue weighted by Gasteiger charge is 2.17. The van der Waals surface area contributed by atoms with Crippen molar-refractivity contribution in [2.45, 2.75) is 0 Å². The Morgan fingerprint density at radius 1 is 0.435 bits per heavy atom. The first-order valence-electron chi connectivity index (χ1n) is 15.5. The lowest BCUT2D eigenvalue weighted by Crippen LogP contribution is -2.09. The third-order valence-corrected chi connectivity index (χ3v) is 8.92. The zero-order valence-corrected chi connectivity index (χ0v) is 25.0. The topological polar surface area (TPSA) is 29.3 Å². The van der Waals surface area contributed by atoms with Crippen LogP contribution in [-0.2, 0) is 0 Å². The van der Waals surface area contributed by atoms with E-state index in [2.05, 4.69) is 163 Å². The third-order valence-electron chi connectivity index (χ3n) is 8.92. The van der Waals surface area contributed by atoms with Crippen molar-refractivity contribution in [2.75, 3.05) is 4.90 Å². The molecule has 0 fully saturated rings. The second-order valence-electron chi connectivity index (χ2n) is 11.6. The summed E-state index contributed by atoms with van der Waals surface area (Å²) >= 11 is 0. The van der Waals surface area contributed by atoms with Crippen LogP contribution in [0.25, 0.3) is 65.9 Å². The maximum atomic E-state index is 6.46. The van der Waals surface area contributed by atoms with Crippen LogP contribution in [0.15, 0.2) is 174 Å². The Balaban J connectivity index is 1.12. The first-order valence-corrected chi connectivity index (χ1v) is 15.5. The SMILES string of the molecule is c1ccc(N(c2ccc(-c3cccc4ccccc34)cc2)c2ccc(-c3ccnc4c3oc3ccc5ccccc5c34)cc2)cc1. The van der Waals surface area contributed by atoms with Gasteiger partial charge in [-0.1, -0.05) is 115 Å². The largest absolute Gasteiger partial charge is 0.454 e. The molecule has 0 atom stereocenters. The van der Waals surface area contributed by atoms with Crippen molar-refractivity contribution in [3.05, 3.63) is 170 Å². The monoisotopic (exact) mass is 588 g/mol. The summed E-state index contributed by atoms with van der Waals surface area (Å²) in [6, 6.07) is 57.8. The molecule has 0 aliphatic heterocycles. The van der Waals surface area contributed by atoms with Gasteiger partial charge in [0.2, 0.25) is 0 Å². The van der Waals surface area contributed by atoms with E-state index in [0.717, 1.165) is 55.6 Å². The van der Waals surface area contributed by atoms with E-state index in [1.165, 1.54) is 27.3 Å². The zero-order valence-electron chi connectivity index (χ0n) is 25.0. The van der Waals surface area contributed by atoms with Crippen LogP contribution >= 0.6 is 0 Å². The second kappa shape index (κ2) is 10.8.